The summed E-state index contributed by atoms with van der Waals surface area (Å²) in [5.41, 5.74) is 0. The summed E-state index contributed by atoms with van der Waals surface area (Å²) in [5.74, 6) is 0.690. The molecule has 20 heavy (non-hydrogen) atoms. The number of carbonyl (C=O) groups is 2. The molecule has 0 radical (unpaired) electrons. The van der Waals surface area contributed by atoms with E-state index < -0.39 is 6.10 Å². The first kappa shape index (κ1) is 15.3. The van der Waals surface area contributed by atoms with Crippen LogP contribution in [0.5, 0.6) is 0 Å². The maximum Gasteiger partial charge on any atom is 0.225 e. The van der Waals surface area contributed by atoms with Crippen LogP contribution in [-0.2, 0) is 9.59 Å². The molecule has 1 saturated carbocycles. The minimum Gasteiger partial charge on any atom is -0.391 e. The number of aliphatic hydroxyl groups is 1. The minimum absolute atomic E-state index is 0.0161. The Morgan fingerprint density at radius 1 is 1.15 bits per heavy atom. The van der Waals surface area contributed by atoms with Gasteiger partial charge < -0.3 is 15.3 Å². The fourth-order valence-corrected chi connectivity index (χ4v) is 2.54. The first-order chi connectivity index (χ1) is 9.49. The number of amides is 2. The number of hydrogen-bond donors (Lipinski definition) is 2. The molecule has 1 aliphatic carbocycles. The number of hydrogen-bond acceptors (Lipinski definition) is 3. The van der Waals surface area contributed by atoms with E-state index in [2.05, 4.69) is 5.32 Å². The van der Waals surface area contributed by atoms with Gasteiger partial charge in [-0.3, -0.25) is 9.59 Å². The molecule has 2 fully saturated rings. The quantitative estimate of drug-likeness (QED) is 0.782. The van der Waals surface area contributed by atoms with Crippen LogP contribution in [0.4, 0.5) is 0 Å². The molecule has 0 aromatic rings. The molecule has 1 aliphatic heterocycles. The fourth-order valence-electron chi connectivity index (χ4n) is 2.54. The Kier molecular flexibility index (Phi) is 5.02. The number of carbonyl (C=O) groups excluding carboxylic acids is 2. The van der Waals surface area contributed by atoms with Crippen molar-refractivity contribution < 1.29 is 14.7 Å². The SMILES string of the molecule is CC(C)C(O)CNC(=O)C1CCN(C(=O)C2CC2)CC1. The second-order valence-corrected chi connectivity index (χ2v) is 6.43. The Bertz CT molecular complexity index is 358. The maximum atomic E-state index is 12.0. The van der Waals surface area contributed by atoms with Crippen LogP contribution in [0.1, 0.15) is 39.5 Å². The molecule has 0 bridgehead atoms. The van der Waals surface area contributed by atoms with E-state index in [0.29, 0.717) is 19.6 Å². The van der Waals surface area contributed by atoms with Gasteiger partial charge in [-0.25, -0.2) is 0 Å². The zero-order chi connectivity index (χ0) is 14.7. The van der Waals surface area contributed by atoms with Crippen LogP contribution >= 0.6 is 0 Å². The van der Waals surface area contributed by atoms with Crippen LogP contribution in [0.3, 0.4) is 0 Å². The topological polar surface area (TPSA) is 69.6 Å². The third-order valence-electron chi connectivity index (χ3n) is 4.36. The summed E-state index contributed by atoms with van der Waals surface area (Å²) in [4.78, 5) is 25.8. The van der Waals surface area contributed by atoms with Gasteiger partial charge in [0.2, 0.25) is 11.8 Å². The van der Waals surface area contributed by atoms with E-state index in [1.54, 1.807) is 0 Å². The molecule has 1 atom stereocenters. The number of nitrogens with one attached hydrogen (secondary N) is 1. The molecule has 5 heteroatoms. The van der Waals surface area contributed by atoms with Crippen molar-refractivity contribution in [1.29, 1.82) is 0 Å². The molecular formula is C15H26N2O3. The fraction of sp³-hybridized carbons (Fsp3) is 0.867. The lowest BCUT2D eigenvalue weighted by Gasteiger charge is -2.31. The second-order valence-electron chi connectivity index (χ2n) is 6.43. The van der Waals surface area contributed by atoms with E-state index in [1.165, 1.54) is 0 Å². The smallest absolute Gasteiger partial charge is 0.225 e. The van der Waals surface area contributed by atoms with Gasteiger partial charge in [-0.05, 0) is 31.6 Å². The summed E-state index contributed by atoms with van der Waals surface area (Å²) in [5, 5.41) is 12.5. The van der Waals surface area contributed by atoms with E-state index in [4.69, 9.17) is 0 Å². The van der Waals surface area contributed by atoms with Crippen molar-refractivity contribution in [3.05, 3.63) is 0 Å². The first-order valence-electron chi connectivity index (χ1n) is 7.73. The van der Waals surface area contributed by atoms with Gasteiger partial charge in [0.05, 0.1) is 6.10 Å². The number of likely N-dealkylation sites (tertiary alicyclic amines) is 1. The van der Waals surface area contributed by atoms with Gasteiger partial charge in [-0.1, -0.05) is 13.8 Å². The van der Waals surface area contributed by atoms with E-state index in [-0.39, 0.29) is 29.6 Å². The number of nitrogens with zero attached hydrogens (tertiary/aromatic N) is 1. The van der Waals surface area contributed by atoms with Crippen molar-refractivity contribution in [2.75, 3.05) is 19.6 Å². The molecule has 2 amide bonds. The Balaban J connectivity index is 1.70. The summed E-state index contributed by atoms with van der Waals surface area (Å²) in [6.07, 6.45) is 3.05. The largest absolute Gasteiger partial charge is 0.391 e. The third kappa shape index (κ3) is 3.95. The van der Waals surface area contributed by atoms with E-state index in [9.17, 15) is 14.7 Å². The molecule has 1 unspecified atom stereocenters. The molecule has 0 aromatic carbocycles. The van der Waals surface area contributed by atoms with Gasteiger partial charge in [0.15, 0.2) is 0 Å². The van der Waals surface area contributed by atoms with Gasteiger partial charge in [0.25, 0.3) is 0 Å². The van der Waals surface area contributed by atoms with Gasteiger partial charge >= 0.3 is 0 Å². The van der Waals surface area contributed by atoms with E-state index in [0.717, 1.165) is 25.7 Å². The number of piperidine rings is 1. The zero-order valence-electron chi connectivity index (χ0n) is 12.5. The molecule has 2 aliphatic rings. The summed E-state index contributed by atoms with van der Waals surface area (Å²) in [6, 6.07) is 0. The molecule has 0 spiro atoms. The van der Waals surface area contributed by atoms with Crippen LogP contribution in [0.25, 0.3) is 0 Å². The highest BCUT2D eigenvalue weighted by atomic mass is 16.3. The lowest BCUT2D eigenvalue weighted by molar-refractivity contribution is -0.136. The van der Waals surface area contributed by atoms with Crippen LogP contribution in [-0.4, -0.2) is 47.6 Å². The predicted molar refractivity (Wildman–Crippen MR) is 75.9 cm³/mol. The predicted octanol–water partition coefficient (Wildman–Crippen LogP) is 0.768. The number of aliphatic hydroxyl groups excluding tert-OH is 1. The van der Waals surface area contributed by atoms with Crippen LogP contribution < -0.4 is 5.32 Å². The lowest BCUT2D eigenvalue weighted by Crippen LogP contribution is -2.45. The molecule has 1 saturated heterocycles. The molecule has 2 N–H and O–H groups in total. The van der Waals surface area contributed by atoms with Crippen LogP contribution in [0.15, 0.2) is 0 Å². The standard InChI is InChI=1S/C15H26N2O3/c1-10(2)13(18)9-16-14(19)11-5-7-17(8-6-11)15(20)12-3-4-12/h10-13,18H,3-9H2,1-2H3,(H,16,19). The molecule has 5 nitrogen and oxygen atoms in total. The molecule has 114 valence electrons. The van der Waals surface area contributed by atoms with Gasteiger partial charge in [-0.2, -0.15) is 0 Å². The van der Waals surface area contributed by atoms with Crippen LogP contribution in [0, 0.1) is 17.8 Å². The summed E-state index contributed by atoms with van der Waals surface area (Å²) in [7, 11) is 0. The Labute approximate surface area is 120 Å². The Morgan fingerprint density at radius 2 is 1.75 bits per heavy atom. The first-order valence-corrected chi connectivity index (χ1v) is 7.73. The van der Waals surface area contributed by atoms with Crippen molar-refractivity contribution in [1.82, 2.24) is 10.2 Å². The van der Waals surface area contributed by atoms with Crippen molar-refractivity contribution in [3.63, 3.8) is 0 Å². The molecule has 0 aromatic heterocycles. The third-order valence-corrected chi connectivity index (χ3v) is 4.36. The van der Waals surface area contributed by atoms with Crippen molar-refractivity contribution in [3.8, 4) is 0 Å². The second kappa shape index (κ2) is 6.57. The Morgan fingerprint density at radius 3 is 2.25 bits per heavy atom. The van der Waals surface area contributed by atoms with E-state index >= 15 is 0 Å². The summed E-state index contributed by atoms with van der Waals surface area (Å²) < 4.78 is 0. The monoisotopic (exact) mass is 282 g/mol. The van der Waals surface area contributed by atoms with Gasteiger partial charge in [0, 0.05) is 31.5 Å². The van der Waals surface area contributed by atoms with E-state index in [1.807, 2.05) is 18.7 Å². The number of rotatable bonds is 5. The Hall–Kier alpha value is -1.10. The van der Waals surface area contributed by atoms with Gasteiger partial charge in [-0.15, -0.1) is 0 Å². The minimum atomic E-state index is -0.490. The average Bonchev–Trinajstić information content (AvgIpc) is 3.28. The normalized spacial score (nSPS) is 21.9. The van der Waals surface area contributed by atoms with Crippen molar-refractivity contribution >= 4 is 11.8 Å². The van der Waals surface area contributed by atoms with Crippen molar-refractivity contribution in [2.24, 2.45) is 17.8 Å². The highest BCUT2D eigenvalue weighted by molar-refractivity contribution is 5.82. The molecule has 2 rings (SSSR count). The highest BCUT2D eigenvalue weighted by Gasteiger charge is 2.35. The lowest BCUT2D eigenvalue weighted by atomic mass is 9.95. The molecular weight excluding hydrogens is 256 g/mol. The zero-order valence-corrected chi connectivity index (χ0v) is 12.5. The molecule has 1 heterocycles. The average molecular weight is 282 g/mol. The highest BCUT2D eigenvalue weighted by Crippen LogP contribution is 2.32. The summed E-state index contributed by atoms with van der Waals surface area (Å²) >= 11 is 0. The summed E-state index contributed by atoms with van der Waals surface area (Å²) in [6.45, 7) is 5.57. The van der Waals surface area contributed by atoms with Crippen LogP contribution in [0.2, 0.25) is 0 Å². The maximum absolute atomic E-state index is 12.0. The van der Waals surface area contributed by atoms with Gasteiger partial charge in [0.1, 0.15) is 0 Å². The van der Waals surface area contributed by atoms with Crippen molar-refractivity contribution in [2.45, 2.75) is 45.6 Å².